The van der Waals surface area contributed by atoms with Gasteiger partial charge < -0.3 is 5.32 Å². The fraction of sp³-hybridized carbons (Fsp3) is 0.143. The Morgan fingerprint density at radius 3 is 2.74 bits per heavy atom. The van der Waals surface area contributed by atoms with Gasteiger partial charge in [0.2, 0.25) is 0 Å². The van der Waals surface area contributed by atoms with Crippen LogP contribution in [-0.2, 0) is 0 Å². The number of dihydropyridines is 1. The topological polar surface area (TPSA) is 63.6 Å². The smallest absolute Gasteiger partial charge is 0.182 e. The number of hydrogen-bond acceptors (Lipinski definition) is 5. The highest BCUT2D eigenvalue weighted by atomic mass is 15.0. The molecule has 0 unspecified atom stereocenters. The van der Waals surface area contributed by atoms with E-state index >= 15 is 0 Å². The lowest BCUT2D eigenvalue weighted by Gasteiger charge is -2.09. The molecule has 5 nitrogen and oxygen atoms in total. The van der Waals surface area contributed by atoms with Crippen LogP contribution in [0, 0.1) is 6.92 Å². The van der Waals surface area contributed by atoms with Crippen LogP contribution in [0.25, 0.3) is 17.1 Å². The third-order valence-corrected chi connectivity index (χ3v) is 2.72. The molecule has 0 bridgehead atoms. The van der Waals surface area contributed by atoms with Crippen LogP contribution in [0.5, 0.6) is 0 Å². The normalized spacial score (nSPS) is 13.8. The summed E-state index contributed by atoms with van der Waals surface area (Å²) in [5.41, 5.74) is 1.76. The van der Waals surface area contributed by atoms with Gasteiger partial charge in [0.15, 0.2) is 11.6 Å². The van der Waals surface area contributed by atoms with Crippen LogP contribution < -0.4 is 5.32 Å². The van der Waals surface area contributed by atoms with Crippen LogP contribution in [0.1, 0.15) is 11.6 Å². The number of aryl methyl sites for hydroxylation is 1. The monoisotopic (exact) mass is 251 g/mol. The first-order chi connectivity index (χ1) is 9.33. The lowest BCUT2D eigenvalue weighted by Crippen LogP contribution is -2.10. The molecule has 0 radical (unpaired) electrons. The summed E-state index contributed by atoms with van der Waals surface area (Å²) in [7, 11) is 0. The molecule has 5 heteroatoms. The van der Waals surface area contributed by atoms with Crippen molar-refractivity contribution in [3.63, 3.8) is 0 Å². The van der Waals surface area contributed by atoms with Crippen molar-refractivity contribution in [1.82, 2.24) is 25.3 Å². The Bertz CT molecular complexity index is 646. The molecule has 2 aromatic heterocycles. The van der Waals surface area contributed by atoms with Crippen molar-refractivity contribution < 1.29 is 0 Å². The third kappa shape index (κ3) is 2.49. The van der Waals surface area contributed by atoms with Crippen molar-refractivity contribution >= 4 is 5.57 Å². The van der Waals surface area contributed by atoms with Gasteiger partial charge in [0.25, 0.3) is 0 Å². The van der Waals surface area contributed by atoms with Crippen molar-refractivity contribution in [3.05, 3.63) is 54.4 Å². The fourth-order valence-electron chi connectivity index (χ4n) is 1.84. The molecule has 1 aliphatic rings. The maximum Gasteiger partial charge on any atom is 0.182 e. The summed E-state index contributed by atoms with van der Waals surface area (Å²) in [4.78, 5) is 17.5. The van der Waals surface area contributed by atoms with Crippen LogP contribution in [0.3, 0.4) is 0 Å². The molecule has 0 aliphatic carbocycles. The van der Waals surface area contributed by atoms with Crippen molar-refractivity contribution in [2.75, 3.05) is 6.54 Å². The molecule has 2 aromatic rings. The van der Waals surface area contributed by atoms with E-state index < -0.39 is 0 Å². The van der Waals surface area contributed by atoms with Crippen molar-refractivity contribution in [2.24, 2.45) is 0 Å². The molecular weight excluding hydrogens is 238 g/mol. The molecule has 1 aliphatic heterocycles. The second kappa shape index (κ2) is 4.97. The lowest BCUT2D eigenvalue weighted by atomic mass is 10.2. The van der Waals surface area contributed by atoms with Crippen LogP contribution in [0.4, 0.5) is 0 Å². The molecule has 3 heterocycles. The minimum atomic E-state index is 0.607. The minimum absolute atomic E-state index is 0.607. The SMILES string of the molecule is Cc1nc(C2=CCNC=C2)nc(-c2ccccn2)n1. The molecule has 0 saturated heterocycles. The van der Waals surface area contributed by atoms with Crippen LogP contribution in [0.2, 0.25) is 0 Å². The highest BCUT2D eigenvalue weighted by molar-refractivity contribution is 5.71. The number of allylic oxidation sites excluding steroid dienone is 2. The average Bonchev–Trinajstić information content (AvgIpc) is 2.48. The molecule has 0 amide bonds. The van der Waals surface area contributed by atoms with E-state index in [4.69, 9.17) is 0 Å². The molecule has 0 fully saturated rings. The van der Waals surface area contributed by atoms with Crippen molar-refractivity contribution in [3.8, 4) is 11.5 Å². The zero-order valence-corrected chi connectivity index (χ0v) is 10.5. The van der Waals surface area contributed by atoms with E-state index in [0.29, 0.717) is 17.5 Å². The zero-order chi connectivity index (χ0) is 13.1. The van der Waals surface area contributed by atoms with Gasteiger partial charge in [-0.15, -0.1) is 0 Å². The summed E-state index contributed by atoms with van der Waals surface area (Å²) < 4.78 is 0. The Morgan fingerprint density at radius 1 is 1.11 bits per heavy atom. The fourth-order valence-corrected chi connectivity index (χ4v) is 1.84. The first-order valence-electron chi connectivity index (χ1n) is 6.07. The van der Waals surface area contributed by atoms with Gasteiger partial charge in [-0.25, -0.2) is 15.0 Å². The summed E-state index contributed by atoms with van der Waals surface area (Å²) in [5.74, 6) is 1.99. The molecule has 19 heavy (non-hydrogen) atoms. The maximum absolute atomic E-state index is 4.50. The van der Waals surface area contributed by atoms with Gasteiger partial charge in [0.1, 0.15) is 11.5 Å². The summed E-state index contributed by atoms with van der Waals surface area (Å²) >= 11 is 0. The lowest BCUT2D eigenvalue weighted by molar-refractivity contribution is 0.938. The number of rotatable bonds is 2. The summed E-state index contributed by atoms with van der Waals surface area (Å²) in [6, 6.07) is 5.69. The van der Waals surface area contributed by atoms with E-state index in [9.17, 15) is 0 Å². The molecule has 94 valence electrons. The average molecular weight is 251 g/mol. The predicted octanol–water partition coefficient (Wildman–Crippen LogP) is 1.74. The van der Waals surface area contributed by atoms with Crippen LogP contribution >= 0.6 is 0 Å². The molecular formula is C14H13N5. The van der Waals surface area contributed by atoms with Gasteiger partial charge in [-0.3, -0.25) is 4.98 Å². The summed E-state index contributed by atoms with van der Waals surface area (Å²) in [6.45, 7) is 2.65. The molecule has 0 aromatic carbocycles. The minimum Gasteiger partial charge on any atom is -0.387 e. The van der Waals surface area contributed by atoms with E-state index in [2.05, 4.69) is 31.3 Å². The Kier molecular flexibility index (Phi) is 3.02. The highest BCUT2D eigenvalue weighted by Crippen LogP contribution is 2.17. The van der Waals surface area contributed by atoms with Gasteiger partial charge in [-0.05, 0) is 31.3 Å². The van der Waals surface area contributed by atoms with Gasteiger partial charge in [0, 0.05) is 18.3 Å². The first-order valence-corrected chi connectivity index (χ1v) is 6.07. The molecule has 3 rings (SSSR count). The molecule has 0 spiro atoms. The standard InChI is InChI=1S/C14H13N5/c1-10-17-13(11-5-8-15-9-6-11)19-14(18-10)12-4-2-3-7-16-12/h2-8,15H,9H2,1H3. The Morgan fingerprint density at radius 2 is 2.00 bits per heavy atom. The first kappa shape index (κ1) is 11.5. The number of nitrogens with one attached hydrogen (secondary N) is 1. The van der Waals surface area contributed by atoms with Crippen LogP contribution in [0.15, 0.2) is 42.7 Å². The largest absolute Gasteiger partial charge is 0.387 e. The van der Waals surface area contributed by atoms with Gasteiger partial charge in [-0.2, -0.15) is 0 Å². The Labute approximate surface area is 111 Å². The highest BCUT2D eigenvalue weighted by Gasteiger charge is 2.10. The molecule has 1 N–H and O–H groups in total. The van der Waals surface area contributed by atoms with Crippen LogP contribution in [-0.4, -0.2) is 26.5 Å². The Balaban J connectivity index is 2.06. The number of pyridine rings is 1. The second-order valence-corrected chi connectivity index (χ2v) is 4.15. The number of aromatic nitrogens is 4. The van der Waals surface area contributed by atoms with Gasteiger partial charge in [0.05, 0.1) is 0 Å². The Hall–Kier alpha value is -2.56. The number of hydrogen-bond donors (Lipinski definition) is 1. The van der Waals surface area contributed by atoms with E-state index in [1.165, 1.54) is 0 Å². The van der Waals surface area contributed by atoms with E-state index in [1.54, 1.807) is 6.20 Å². The maximum atomic E-state index is 4.50. The van der Waals surface area contributed by atoms with E-state index in [0.717, 1.165) is 17.8 Å². The quantitative estimate of drug-likeness (QED) is 0.880. The summed E-state index contributed by atoms with van der Waals surface area (Å²) in [5, 5.41) is 3.10. The van der Waals surface area contributed by atoms with Crippen molar-refractivity contribution in [2.45, 2.75) is 6.92 Å². The van der Waals surface area contributed by atoms with Crippen molar-refractivity contribution in [1.29, 1.82) is 0 Å². The van der Waals surface area contributed by atoms with Gasteiger partial charge in [-0.1, -0.05) is 12.1 Å². The van der Waals surface area contributed by atoms with E-state index in [1.807, 2.05) is 37.4 Å². The predicted molar refractivity (Wildman–Crippen MR) is 72.9 cm³/mol. The molecule has 0 atom stereocenters. The summed E-state index contributed by atoms with van der Waals surface area (Å²) in [6.07, 6.45) is 7.64. The second-order valence-electron chi connectivity index (χ2n) is 4.15. The number of nitrogens with zero attached hydrogens (tertiary/aromatic N) is 4. The molecule has 0 saturated carbocycles. The van der Waals surface area contributed by atoms with Gasteiger partial charge >= 0.3 is 0 Å². The zero-order valence-electron chi connectivity index (χ0n) is 10.5. The third-order valence-electron chi connectivity index (χ3n) is 2.72. The van der Waals surface area contributed by atoms with E-state index in [-0.39, 0.29) is 0 Å².